The highest BCUT2D eigenvalue weighted by molar-refractivity contribution is 9.10. The number of rotatable bonds is 5. The van der Waals surface area contributed by atoms with Gasteiger partial charge in [-0.3, -0.25) is 0 Å². The topological polar surface area (TPSA) is 12.0 Å². The largest absolute Gasteiger partial charge is 0.306 e. The molecule has 0 aliphatic rings. The number of hydrogen-bond acceptors (Lipinski definition) is 1. The number of nitrogens with one attached hydrogen (secondary N) is 1. The SMILES string of the molecule is CCC(NCc1ccccc1Cl)c1ccc(Br)cc1. The van der Waals surface area contributed by atoms with Crippen molar-refractivity contribution in [1.29, 1.82) is 0 Å². The Hall–Kier alpha value is -0.830. The first-order chi connectivity index (χ1) is 9.20. The van der Waals surface area contributed by atoms with E-state index in [1.807, 2.05) is 18.2 Å². The zero-order valence-corrected chi connectivity index (χ0v) is 13.2. The van der Waals surface area contributed by atoms with E-state index in [0.717, 1.165) is 28.0 Å². The Bertz CT molecular complexity index is 525. The van der Waals surface area contributed by atoms with Crippen LogP contribution in [-0.4, -0.2) is 0 Å². The Kier molecular flexibility index (Phi) is 5.44. The summed E-state index contributed by atoms with van der Waals surface area (Å²) in [6.45, 7) is 2.97. The molecule has 0 radical (unpaired) electrons. The Labute approximate surface area is 128 Å². The van der Waals surface area contributed by atoms with Gasteiger partial charge in [0.1, 0.15) is 0 Å². The molecule has 1 atom stereocenters. The molecule has 2 aromatic carbocycles. The maximum atomic E-state index is 6.17. The second kappa shape index (κ2) is 7.09. The third-order valence-electron chi connectivity index (χ3n) is 3.18. The lowest BCUT2D eigenvalue weighted by molar-refractivity contribution is 0.519. The van der Waals surface area contributed by atoms with Crippen molar-refractivity contribution in [2.75, 3.05) is 0 Å². The number of benzene rings is 2. The van der Waals surface area contributed by atoms with Crippen molar-refractivity contribution in [2.45, 2.75) is 25.9 Å². The maximum Gasteiger partial charge on any atom is 0.0450 e. The molecule has 2 aromatic rings. The van der Waals surface area contributed by atoms with Crippen LogP contribution in [0.1, 0.15) is 30.5 Å². The Balaban J connectivity index is 2.04. The van der Waals surface area contributed by atoms with Crippen LogP contribution in [0.25, 0.3) is 0 Å². The zero-order valence-electron chi connectivity index (χ0n) is 10.9. The molecule has 3 heteroatoms. The predicted octanol–water partition coefficient (Wildman–Crippen LogP) is 5.34. The minimum absolute atomic E-state index is 0.351. The second-order valence-electron chi connectivity index (χ2n) is 4.48. The average molecular weight is 339 g/mol. The first-order valence-corrected chi connectivity index (χ1v) is 7.60. The highest BCUT2D eigenvalue weighted by atomic mass is 79.9. The Morgan fingerprint density at radius 3 is 2.42 bits per heavy atom. The van der Waals surface area contributed by atoms with Crippen molar-refractivity contribution in [3.05, 3.63) is 69.2 Å². The molecule has 0 amide bonds. The molecule has 0 fully saturated rings. The molecule has 0 saturated carbocycles. The quantitative estimate of drug-likeness (QED) is 0.775. The van der Waals surface area contributed by atoms with Crippen LogP contribution >= 0.6 is 27.5 Å². The normalized spacial score (nSPS) is 12.4. The fourth-order valence-corrected chi connectivity index (χ4v) is 2.53. The van der Waals surface area contributed by atoms with Crippen LogP contribution < -0.4 is 5.32 Å². The number of halogens is 2. The van der Waals surface area contributed by atoms with Crippen molar-refractivity contribution in [2.24, 2.45) is 0 Å². The van der Waals surface area contributed by atoms with Gasteiger partial charge in [-0.1, -0.05) is 64.8 Å². The molecule has 0 saturated heterocycles. The molecule has 100 valence electrons. The van der Waals surface area contributed by atoms with E-state index in [4.69, 9.17) is 11.6 Å². The lowest BCUT2D eigenvalue weighted by Crippen LogP contribution is -2.20. The van der Waals surface area contributed by atoms with Gasteiger partial charge >= 0.3 is 0 Å². The van der Waals surface area contributed by atoms with Crippen LogP contribution in [0.15, 0.2) is 53.0 Å². The van der Waals surface area contributed by atoms with Crippen molar-refractivity contribution in [1.82, 2.24) is 5.32 Å². The fraction of sp³-hybridized carbons (Fsp3) is 0.250. The predicted molar refractivity (Wildman–Crippen MR) is 85.5 cm³/mol. The highest BCUT2D eigenvalue weighted by Gasteiger charge is 2.09. The van der Waals surface area contributed by atoms with Gasteiger partial charge in [0.05, 0.1) is 0 Å². The lowest BCUT2D eigenvalue weighted by Gasteiger charge is -2.18. The first-order valence-electron chi connectivity index (χ1n) is 6.43. The molecule has 0 aliphatic carbocycles. The minimum atomic E-state index is 0.351. The third kappa shape index (κ3) is 4.07. The maximum absolute atomic E-state index is 6.17. The fourth-order valence-electron chi connectivity index (χ4n) is 2.07. The van der Waals surface area contributed by atoms with E-state index in [-0.39, 0.29) is 0 Å². The summed E-state index contributed by atoms with van der Waals surface area (Å²) in [5.41, 5.74) is 2.44. The van der Waals surface area contributed by atoms with Gasteiger partial charge in [0.2, 0.25) is 0 Å². The highest BCUT2D eigenvalue weighted by Crippen LogP contribution is 2.21. The van der Waals surface area contributed by atoms with Crippen LogP contribution in [0.4, 0.5) is 0 Å². The van der Waals surface area contributed by atoms with Gasteiger partial charge in [-0.05, 0) is 35.7 Å². The van der Waals surface area contributed by atoms with Crippen LogP contribution in [0.3, 0.4) is 0 Å². The van der Waals surface area contributed by atoms with Gasteiger partial charge in [-0.2, -0.15) is 0 Å². The summed E-state index contributed by atoms with van der Waals surface area (Å²) in [5.74, 6) is 0. The van der Waals surface area contributed by atoms with Gasteiger partial charge in [0.25, 0.3) is 0 Å². The van der Waals surface area contributed by atoms with Gasteiger partial charge in [-0.15, -0.1) is 0 Å². The molecule has 2 rings (SSSR count). The van der Waals surface area contributed by atoms with Crippen LogP contribution in [0.5, 0.6) is 0 Å². The van der Waals surface area contributed by atoms with Gasteiger partial charge in [0.15, 0.2) is 0 Å². The molecule has 1 nitrogen and oxygen atoms in total. The first kappa shape index (κ1) is 14.6. The standard InChI is InChI=1S/C16H17BrClN/c1-2-16(12-7-9-14(17)10-8-12)19-11-13-5-3-4-6-15(13)18/h3-10,16,19H,2,11H2,1H3. The molecular formula is C16H17BrClN. The van der Waals surface area contributed by atoms with E-state index in [0.29, 0.717) is 6.04 Å². The second-order valence-corrected chi connectivity index (χ2v) is 5.81. The Morgan fingerprint density at radius 1 is 1.11 bits per heavy atom. The van der Waals surface area contributed by atoms with E-state index < -0.39 is 0 Å². The van der Waals surface area contributed by atoms with E-state index in [2.05, 4.69) is 58.5 Å². The van der Waals surface area contributed by atoms with Gasteiger partial charge < -0.3 is 5.32 Å². The molecule has 0 aliphatic heterocycles. The van der Waals surface area contributed by atoms with Gasteiger partial charge in [0, 0.05) is 22.1 Å². The molecule has 1 N–H and O–H groups in total. The van der Waals surface area contributed by atoms with Crippen LogP contribution in [0.2, 0.25) is 5.02 Å². The van der Waals surface area contributed by atoms with Crippen molar-refractivity contribution >= 4 is 27.5 Å². The minimum Gasteiger partial charge on any atom is -0.306 e. The summed E-state index contributed by atoms with van der Waals surface area (Å²) in [5, 5.41) is 4.38. The van der Waals surface area contributed by atoms with Crippen molar-refractivity contribution in [3.63, 3.8) is 0 Å². The van der Waals surface area contributed by atoms with Crippen molar-refractivity contribution in [3.8, 4) is 0 Å². The van der Waals surface area contributed by atoms with E-state index in [1.54, 1.807) is 0 Å². The lowest BCUT2D eigenvalue weighted by atomic mass is 10.0. The molecule has 19 heavy (non-hydrogen) atoms. The zero-order chi connectivity index (χ0) is 13.7. The molecule has 0 spiro atoms. The van der Waals surface area contributed by atoms with Crippen LogP contribution in [-0.2, 0) is 6.54 Å². The van der Waals surface area contributed by atoms with Crippen LogP contribution in [0, 0.1) is 0 Å². The summed E-state index contributed by atoms with van der Waals surface area (Å²) in [6.07, 6.45) is 1.05. The van der Waals surface area contributed by atoms with Gasteiger partial charge in [-0.25, -0.2) is 0 Å². The third-order valence-corrected chi connectivity index (χ3v) is 4.07. The van der Waals surface area contributed by atoms with E-state index in [9.17, 15) is 0 Å². The number of hydrogen-bond donors (Lipinski definition) is 1. The molecular weight excluding hydrogens is 322 g/mol. The molecule has 0 heterocycles. The summed E-state index contributed by atoms with van der Waals surface area (Å²) in [4.78, 5) is 0. The molecule has 0 aromatic heterocycles. The smallest absolute Gasteiger partial charge is 0.0450 e. The molecule has 0 bridgehead atoms. The summed E-state index contributed by atoms with van der Waals surface area (Å²) >= 11 is 9.64. The average Bonchev–Trinajstić information content (AvgIpc) is 2.43. The summed E-state index contributed by atoms with van der Waals surface area (Å²) in [6, 6.07) is 16.8. The monoisotopic (exact) mass is 337 g/mol. The van der Waals surface area contributed by atoms with E-state index in [1.165, 1.54) is 5.56 Å². The van der Waals surface area contributed by atoms with E-state index >= 15 is 0 Å². The summed E-state index contributed by atoms with van der Waals surface area (Å²) in [7, 11) is 0. The van der Waals surface area contributed by atoms with Crippen molar-refractivity contribution < 1.29 is 0 Å². The molecule has 1 unspecified atom stereocenters. The Morgan fingerprint density at radius 2 is 1.79 bits per heavy atom. The summed E-state index contributed by atoms with van der Waals surface area (Å²) < 4.78 is 1.11.